The SMILES string of the molecule is CCCCCCOC(=O)CCCCCCCCC(=O)Oc1cc(Cl)ccc1Cl. The third-order valence-electron chi connectivity index (χ3n) is 4.39. The van der Waals surface area contributed by atoms with Gasteiger partial charge >= 0.3 is 11.9 Å². The summed E-state index contributed by atoms with van der Waals surface area (Å²) in [6.45, 7) is 2.71. The summed E-state index contributed by atoms with van der Waals surface area (Å²) >= 11 is 11.8. The molecule has 28 heavy (non-hydrogen) atoms. The van der Waals surface area contributed by atoms with Crippen LogP contribution in [-0.4, -0.2) is 18.5 Å². The maximum absolute atomic E-state index is 11.9. The summed E-state index contributed by atoms with van der Waals surface area (Å²) in [4.78, 5) is 23.4. The zero-order chi connectivity index (χ0) is 20.6. The fraction of sp³-hybridized carbons (Fsp3) is 0.636. The van der Waals surface area contributed by atoms with Gasteiger partial charge in [-0.25, -0.2) is 0 Å². The van der Waals surface area contributed by atoms with Gasteiger partial charge in [0.2, 0.25) is 0 Å². The van der Waals surface area contributed by atoms with Crippen LogP contribution in [0.15, 0.2) is 18.2 Å². The standard InChI is InChI=1S/C22H32Cl2O4/c1-2-3-4-11-16-27-21(25)12-9-7-5-6-8-10-13-22(26)28-20-17-18(23)14-15-19(20)24/h14-15,17H,2-13,16H2,1H3. The summed E-state index contributed by atoms with van der Waals surface area (Å²) in [5, 5.41) is 0.852. The van der Waals surface area contributed by atoms with E-state index < -0.39 is 0 Å². The van der Waals surface area contributed by atoms with Gasteiger partial charge in [0.15, 0.2) is 5.75 Å². The number of esters is 2. The number of halogens is 2. The molecule has 0 heterocycles. The van der Waals surface area contributed by atoms with Gasteiger partial charge in [0.25, 0.3) is 0 Å². The van der Waals surface area contributed by atoms with Crippen molar-refractivity contribution in [2.45, 2.75) is 84.0 Å². The average molecular weight is 431 g/mol. The Labute approximate surface area is 178 Å². The van der Waals surface area contributed by atoms with Crippen LogP contribution in [0.2, 0.25) is 10.0 Å². The lowest BCUT2D eigenvalue weighted by atomic mass is 10.1. The van der Waals surface area contributed by atoms with Crippen LogP contribution in [0.1, 0.15) is 84.0 Å². The van der Waals surface area contributed by atoms with Crippen LogP contribution >= 0.6 is 23.2 Å². The van der Waals surface area contributed by atoms with E-state index in [1.54, 1.807) is 12.1 Å². The fourth-order valence-corrected chi connectivity index (χ4v) is 3.08. The van der Waals surface area contributed by atoms with Gasteiger partial charge in [-0.1, -0.05) is 75.1 Å². The Morgan fingerprint density at radius 3 is 2.11 bits per heavy atom. The number of hydrogen-bond acceptors (Lipinski definition) is 4. The van der Waals surface area contributed by atoms with Gasteiger partial charge in [0.1, 0.15) is 0 Å². The van der Waals surface area contributed by atoms with Crippen molar-refractivity contribution >= 4 is 35.1 Å². The highest BCUT2D eigenvalue weighted by atomic mass is 35.5. The zero-order valence-corrected chi connectivity index (χ0v) is 18.3. The van der Waals surface area contributed by atoms with E-state index in [2.05, 4.69) is 6.92 Å². The Morgan fingerprint density at radius 1 is 0.821 bits per heavy atom. The van der Waals surface area contributed by atoms with Crippen molar-refractivity contribution in [1.82, 2.24) is 0 Å². The third-order valence-corrected chi connectivity index (χ3v) is 4.94. The van der Waals surface area contributed by atoms with Gasteiger partial charge in [-0.15, -0.1) is 0 Å². The zero-order valence-electron chi connectivity index (χ0n) is 16.8. The van der Waals surface area contributed by atoms with Crippen molar-refractivity contribution in [1.29, 1.82) is 0 Å². The minimum absolute atomic E-state index is 0.0843. The van der Waals surface area contributed by atoms with Gasteiger partial charge in [-0.2, -0.15) is 0 Å². The van der Waals surface area contributed by atoms with Crippen molar-refractivity contribution in [3.63, 3.8) is 0 Å². The van der Waals surface area contributed by atoms with Crippen LogP contribution in [0, 0.1) is 0 Å². The average Bonchev–Trinajstić information content (AvgIpc) is 2.66. The number of ether oxygens (including phenoxy) is 2. The first-order chi connectivity index (χ1) is 13.5. The highest BCUT2D eigenvalue weighted by Gasteiger charge is 2.09. The molecule has 0 fully saturated rings. The minimum Gasteiger partial charge on any atom is -0.466 e. The Bertz CT molecular complexity index is 590. The van der Waals surface area contributed by atoms with E-state index >= 15 is 0 Å². The molecule has 0 aliphatic carbocycles. The molecule has 0 saturated carbocycles. The second kappa shape index (κ2) is 15.6. The third kappa shape index (κ3) is 12.2. The predicted molar refractivity (Wildman–Crippen MR) is 114 cm³/mol. The molecule has 0 atom stereocenters. The molecule has 1 rings (SSSR count). The molecule has 0 spiro atoms. The molecule has 6 heteroatoms. The van der Waals surface area contributed by atoms with Gasteiger partial charge in [0, 0.05) is 23.9 Å². The van der Waals surface area contributed by atoms with Gasteiger partial charge in [-0.3, -0.25) is 9.59 Å². The monoisotopic (exact) mass is 430 g/mol. The fourth-order valence-electron chi connectivity index (χ4n) is 2.76. The summed E-state index contributed by atoms with van der Waals surface area (Å²) in [5.74, 6) is -0.0822. The molecule has 0 saturated heterocycles. The number of hydrogen-bond donors (Lipinski definition) is 0. The Kier molecular flexibility index (Phi) is 13.8. The number of rotatable bonds is 15. The largest absolute Gasteiger partial charge is 0.466 e. The highest BCUT2D eigenvalue weighted by molar-refractivity contribution is 6.34. The summed E-state index contributed by atoms with van der Waals surface area (Å²) in [5.41, 5.74) is 0. The first-order valence-electron chi connectivity index (χ1n) is 10.3. The Morgan fingerprint density at radius 2 is 1.43 bits per heavy atom. The molecule has 0 N–H and O–H groups in total. The first kappa shape index (κ1) is 24.8. The van der Waals surface area contributed by atoms with Crippen molar-refractivity contribution in [2.75, 3.05) is 6.61 Å². The van der Waals surface area contributed by atoms with E-state index in [9.17, 15) is 9.59 Å². The van der Waals surface area contributed by atoms with E-state index in [1.165, 1.54) is 18.9 Å². The van der Waals surface area contributed by atoms with Gasteiger partial charge in [-0.05, 0) is 31.4 Å². The second-order valence-electron chi connectivity index (χ2n) is 6.95. The Hall–Kier alpha value is -1.26. The molecule has 0 amide bonds. The number of carbonyl (C=O) groups is 2. The normalized spacial score (nSPS) is 10.7. The van der Waals surface area contributed by atoms with Crippen LogP contribution < -0.4 is 4.74 Å². The van der Waals surface area contributed by atoms with Gasteiger partial charge in [0.05, 0.1) is 11.6 Å². The lowest BCUT2D eigenvalue weighted by Crippen LogP contribution is -2.07. The first-order valence-corrected chi connectivity index (χ1v) is 11.1. The molecule has 0 unspecified atom stereocenters. The predicted octanol–water partition coefficient (Wildman–Crippen LogP) is 7.14. The topological polar surface area (TPSA) is 52.6 Å². The lowest BCUT2D eigenvalue weighted by molar-refractivity contribution is -0.144. The smallest absolute Gasteiger partial charge is 0.311 e. The van der Waals surface area contributed by atoms with E-state index in [4.69, 9.17) is 32.7 Å². The summed E-state index contributed by atoms with van der Waals surface area (Å²) in [6, 6.07) is 4.79. The quantitative estimate of drug-likeness (QED) is 0.168. The van der Waals surface area contributed by atoms with E-state index in [1.807, 2.05) is 0 Å². The molecule has 1 aromatic rings. The summed E-state index contributed by atoms with van der Waals surface area (Å²) in [6.07, 6.45) is 11.0. The van der Waals surface area contributed by atoms with E-state index in [0.717, 1.165) is 51.4 Å². The van der Waals surface area contributed by atoms with E-state index in [0.29, 0.717) is 35.2 Å². The van der Waals surface area contributed by atoms with Crippen molar-refractivity contribution in [2.24, 2.45) is 0 Å². The van der Waals surface area contributed by atoms with Crippen LogP contribution in [0.25, 0.3) is 0 Å². The molecular weight excluding hydrogens is 399 g/mol. The number of unbranched alkanes of at least 4 members (excludes halogenated alkanes) is 8. The maximum Gasteiger partial charge on any atom is 0.311 e. The van der Waals surface area contributed by atoms with Crippen LogP contribution in [0.5, 0.6) is 5.75 Å². The maximum atomic E-state index is 11.9. The number of benzene rings is 1. The van der Waals surface area contributed by atoms with Crippen LogP contribution in [0.3, 0.4) is 0 Å². The summed E-state index contributed by atoms with van der Waals surface area (Å²) in [7, 11) is 0. The molecule has 0 aliphatic rings. The minimum atomic E-state index is -0.300. The van der Waals surface area contributed by atoms with Crippen LogP contribution in [0.4, 0.5) is 0 Å². The lowest BCUT2D eigenvalue weighted by Gasteiger charge is -2.07. The molecule has 0 aromatic heterocycles. The molecule has 1 aromatic carbocycles. The van der Waals surface area contributed by atoms with Crippen molar-refractivity contribution < 1.29 is 19.1 Å². The molecule has 158 valence electrons. The summed E-state index contributed by atoms with van der Waals surface area (Å²) < 4.78 is 10.5. The van der Waals surface area contributed by atoms with Crippen molar-refractivity contribution in [3.8, 4) is 5.75 Å². The van der Waals surface area contributed by atoms with Crippen molar-refractivity contribution in [3.05, 3.63) is 28.2 Å². The van der Waals surface area contributed by atoms with Gasteiger partial charge < -0.3 is 9.47 Å². The molecular formula is C22H32Cl2O4. The molecule has 4 nitrogen and oxygen atoms in total. The number of carbonyl (C=O) groups excluding carboxylic acids is 2. The van der Waals surface area contributed by atoms with Crippen LogP contribution in [-0.2, 0) is 14.3 Å². The molecule has 0 aliphatic heterocycles. The highest BCUT2D eigenvalue weighted by Crippen LogP contribution is 2.28. The molecule has 0 bridgehead atoms. The second-order valence-corrected chi connectivity index (χ2v) is 7.79. The Balaban J connectivity index is 1.96. The van der Waals surface area contributed by atoms with E-state index in [-0.39, 0.29) is 11.9 Å². The molecule has 0 radical (unpaired) electrons.